The molecule has 4 heteroatoms. The SMILES string of the molecule is Cc1cc(C)c(OCCCC(=O)O)c(Cl)c1. The lowest BCUT2D eigenvalue weighted by Gasteiger charge is -2.11. The number of carboxylic acid groups (broad SMARTS) is 1. The summed E-state index contributed by atoms with van der Waals surface area (Å²) in [5.74, 6) is -0.159. The molecule has 1 N–H and O–H groups in total. The van der Waals surface area contributed by atoms with Crippen LogP contribution in [0.4, 0.5) is 0 Å². The molecule has 3 nitrogen and oxygen atoms in total. The molecule has 0 amide bonds. The van der Waals surface area contributed by atoms with Gasteiger partial charge in [0.2, 0.25) is 0 Å². The maximum atomic E-state index is 10.3. The second-order valence-electron chi connectivity index (χ2n) is 3.74. The van der Waals surface area contributed by atoms with Gasteiger partial charge in [-0.25, -0.2) is 0 Å². The van der Waals surface area contributed by atoms with E-state index >= 15 is 0 Å². The molecule has 0 radical (unpaired) electrons. The Morgan fingerprint density at radius 1 is 1.44 bits per heavy atom. The maximum Gasteiger partial charge on any atom is 0.303 e. The Kier molecular flexibility index (Phi) is 4.62. The summed E-state index contributed by atoms with van der Waals surface area (Å²) in [7, 11) is 0. The van der Waals surface area contributed by atoms with Gasteiger partial charge in [-0.05, 0) is 37.5 Å². The highest BCUT2D eigenvalue weighted by Gasteiger charge is 2.06. The molecule has 1 rings (SSSR count). The number of rotatable bonds is 5. The summed E-state index contributed by atoms with van der Waals surface area (Å²) in [6.45, 7) is 4.26. The number of ether oxygens (including phenoxy) is 1. The van der Waals surface area contributed by atoms with Crippen LogP contribution < -0.4 is 4.74 Å². The summed E-state index contributed by atoms with van der Waals surface area (Å²) < 4.78 is 5.48. The molecule has 0 aliphatic carbocycles. The molecular formula is C12H15ClO3. The second-order valence-corrected chi connectivity index (χ2v) is 4.15. The van der Waals surface area contributed by atoms with E-state index in [4.69, 9.17) is 21.4 Å². The normalized spacial score (nSPS) is 10.2. The van der Waals surface area contributed by atoms with Crippen molar-refractivity contribution in [1.29, 1.82) is 0 Å². The van der Waals surface area contributed by atoms with E-state index < -0.39 is 5.97 Å². The van der Waals surface area contributed by atoms with Gasteiger partial charge in [-0.1, -0.05) is 17.7 Å². The van der Waals surface area contributed by atoms with E-state index in [1.54, 1.807) is 0 Å². The maximum absolute atomic E-state index is 10.3. The van der Waals surface area contributed by atoms with E-state index in [-0.39, 0.29) is 6.42 Å². The van der Waals surface area contributed by atoms with Gasteiger partial charge in [-0.3, -0.25) is 4.79 Å². The predicted octanol–water partition coefficient (Wildman–Crippen LogP) is 3.20. The minimum atomic E-state index is -0.810. The highest BCUT2D eigenvalue weighted by Crippen LogP contribution is 2.29. The van der Waals surface area contributed by atoms with Crippen molar-refractivity contribution in [3.05, 3.63) is 28.3 Å². The number of benzene rings is 1. The first kappa shape index (κ1) is 12.8. The lowest BCUT2D eigenvalue weighted by Crippen LogP contribution is -2.03. The van der Waals surface area contributed by atoms with Crippen LogP contribution in [0, 0.1) is 13.8 Å². The fourth-order valence-corrected chi connectivity index (χ4v) is 1.86. The summed E-state index contributed by atoms with van der Waals surface area (Å²) in [6, 6.07) is 3.82. The average Bonchev–Trinajstić information content (AvgIpc) is 2.14. The standard InChI is InChI=1S/C12H15ClO3/c1-8-6-9(2)12(10(13)7-8)16-5-3-4-11(14)15/h6-7H,3-5H2,1-2H3,(H,14,15). The molecule has 0 aromatic heterocycles. The van der Waals surface area contributed by atoms with E-state index in [0.29, 0.717) is 23.8 Å². The zero-order valence-corrected chi connectivity index (χ0v) is 10.2. The molecule has 0 aliphatic heterocycles. The molecule has 0 atom stereocenters. The van der Waals surface area contributed by atoms with E-state index in [1.165, 1.54) is 0 Å². The van der Waals surface area contributed by atoms with Gasteiger partial charge < -0.3 is 9.84 Å². The molecule has 1 aromatic carbocycles. The van der Waals surface area contributed by atoms with Crippen LogP contribution in [0.3, 0.4) is 0 Å². The Morgan fingerprint density at radius 2 is 2.12 bits per heavy atom. The Labute approximate surface area is 100.0 Å². The van der Waals surface area contributed by atoms with Crippen molar-refractivity contribution in [3.63, 3.8) is 0 Å². The number of carbonyl (C=O) groups is 1. The first-order valence-corrected chi connectivity index (χ1v) is 5.50. The Hall–Kier alpha value is -1.22. The smallest absolute Gasteiger partial charge is 0.303 e. The first-order valence-electron chi connectivity index (χ1n) is 5.12. The molecule has 0 spiro atoms. The summed E-state index contributed by atoms with van der Waals surface area (Å²) in [5, 5.41) is 9.05. The second kappa shape index (κ2) is 5.75. The molecule has 1 aromatic rings. The van der Waals surface area contributed by atoms with Crippen molar-refractivity contribution in [2.24, 2.45) is 0 Å². The van der Waals surface area contributed by atoms with Crippen LogP contribution >= 0.6 is 11.6 Å². The monoisotopic (exact) mass is 242 g/mol. The third-order valence-corrected chi connectivity index (χ3v) is 2.44. The number of hydrogen-bond donors (Lipinski definition) is 1. The summed E-state index contributed by atoms with van der Waals surface area (Å²) in [4.78, 5) is 10.3. The van der Waals surface area contributed by atoms with E-state index in [1.807, 2.05) is 26.0 Å². The minimum absolute atomic E-state index is 0.114. The Morgan fingerprint density at radius 3 is 2.69 bits per heavy atom. The molecule has 0 fully saturated rings. The van der Waals surface area contributed by atoms with Gasteiger partial charge in [-0.2, -0.15) is 0 Å². The average molecular weight is 243 g/mol. The molecule has 0 saturated carbocycles. The summed E-state index contributed by atoms with van der Waals surface area (Å²) >= 11 is 6.03. The molecule has 88 valence electrons. The quantitative estimate of drug-likeness (QED) is 0.807. The van der Waals surface area contributed by atoms with Crippen LogP contribution in [0.15, 0.2) is 12.1 Å². The van der Waals surface area contributed by atoms with Gasteiger partial charge in [0.25, 0.3) is 0 Å². The topological polar surface area (TPSA) is 46.5 Å². The summed E-state index contributed by atoms with van der Waals surface area (Å²) in [5.41, 5.74) is 2.06. The van der Waals surface area contributed by atoms with Crippen LogP contribution in [0.5, 0.6) is 5.75 Å². The van der Waals surface area contributed by atoms with Gasteiger partial charge in [0.05, 0.1) is 11.6 Å². The number of carboxylic acids is 1. The fraction of sp³-hybridized carbons (Fsp3) is 0.417. The number of aliphatic carboxylic acids is 1. The fourth-order valence-electron chi connectivity index (χ4n) is 1.48. The van der Waals surface area contributed by atoms with Gasteiger partial charge in [0.1, 0.15) is 5.75 Å². The Balaban J connectivity index is 2.57. The zero-order valence-electron chi connectivity index (χ0n) is 9.42. The molecule has 0 heterocycles. The van der Waals surface area contributed by atoms with Crippen molar-refractivity contribution >= 4 is 17.6 Å². The van der Waals surface area contributed by atoms with Crippen LogP contribution in [0.1, 0.15) is 24.0 Å². The lowest BCUT2D eigenvalue weighted by atomic mass is 10.1. The van der Waals surface area contributed by atoms with Crippen molar-refractivity contribution in [2.75, 3.05) is 6.61 Å². The van der Waals surface area contributed by atoms with Crippen LogP contribution in [0.2, 0.25) is 5.02 Å². The highest BCUT2D eigenvalue weighted by molar-refractivity contribution is 6.32. The molecular weight excluding hydrogens is 228 g/mol. The van der Waals surface area contributed by atoms with Crippen molar-refractivity contribution < 1.29 is 14.6 Å². The lowest BCUT2D eigenvalue weighted by molar-refractivity contribution is -0.137. The van der Waals surface area contributed by atoms with E-state index in [9.17, 15) is 4.79 Å². The van der Waals surface area contributed by atoms with Gasteiger partial charge in [0.15, 0.2) is 0 Å². The van der Waals surface area contributed by atoms with E-state index in [2.05, 4.69) is 0 Å². The largest absolute Gasteiger partial charge is 0.492 e. The van der Waals surface area contributed by atoms with E-state index in [0.717, 1.165) is 11.1 Å². The van der Waals surface area contributed by atoms with Crippen LogP contribution in [-0.2, 0) is 4.79 Å². The van der Waals surface area contributed by atoms with Crippen molar-refractivity contribution in [3.8, 4) is 5.75 Å². The van der Waals surface area contributed by atoms with Gasteiger partial charge in [-0.15, -0.1) is 0 Å². The third kappa shape index (κ3) is 3.74. The van der Waals surface area contributed by atoms with Crippen molar-refractivity contribution in [1.82, 2.24) is 0 Å². The molecule has 0 saturated heterocycles. The number of hydrogen-bond acceptors (Lipinski definition) is 2. The Bertz CT molecular complexity index is 365. The van der Waals surface area contributed by atoms with Crippen LogP contribution in [-0.4, -0.2) is 17.7 Å². The third-order valence-electron chi connectivity index (χ3n) is 2.16. The number of halogens is 1. The minimum Gasteiger partial charge on any atom is -0.492 e. The molecule has 0 unspecified atom stereocenters. The highest BCUT2D eigenvalue weighted by atomic mass is 35.5. The predicted molar refractivity (Wildman–Crippen MR) is 63.3 cm³/mol. The molecule has 16 heavy (non-hydrogen) atoms. The van der Waals surface area contributed by atoms with Crippen LogP contribution in [0.25, 0.3) is 0 Å². The molecule has 0 aliphatic rings. The zero-order chi connectivity index (χ0) is 12.1. The first-order chi connectivity index (χ1) is 7.50. The summed E-state index contributed by atoms with van der Waals surface area (Å²) in [6.07, 6.45) is 0.599. The van der Waals surface area contributed by atoms with Gasteiger partial charge in [0, 0.05) is 6.42 Å². The number of aryl methyl sites for hydroxylation is 2. The van der Waals surface area contributed by atoms with Gasteiger partial charge >= 0.3 is 5.97 Å². The van der Waals surface area contributed by atoms with Crippen molar-refractivity contribution in [2.45, 2.75) is 26.7 Å². The molecule has 0 bridgehead atoms.